The van der Waals surface area contributed by atoms with Crippen molar-refractivity contribution in [1.29, 1.82) is 0 Å². The zero-order valence-electron chi connectivity index (χ0n) is 11.6. The number of halogens is 3. The fourth-order valence-corrected chi connectivity index (χ4v) is 2.23. The molecule has 0 fully saturated rings. The molecule has 2 rings (SSSR count). The largest absolute Gasteiger partial charge is 0.485 e. The van der Waals surface area contributed by atoms with Crippen molar-refractivity contribution in [1.82, 2.24) is 0 Å². The molecular weight excluding hydrogens is 296 g/mol. The molecule has 0 heterocycles. The third kappa shape index (κ3) is 3.93. The molecule has 1 unspecified atom stereocenters. The highest BCUT2D eigenvalue weighted by Gasteiger charge is 2.13. The van der Waals surface area contributed by atoms with Crippen LogP contribution in [0.15, 0.2) is 36.4 Å². The fourth-order valence-electron chi connectivity index (χ4n) is 2.03. The lowest BCUT2D eigenvalue weighted by atomic mass is 10.1. The van der Waals surface area contributed by atoms with Gasteiger partial charge in [-0.15, -0.1) is 0 Å². The van der Waals surface area contributed by atoms with Crippen LogP contribution in [0.3, 0.4) is 0 Å². The summed E-state index contributed by atoms with van der Waals surface area (Å²) in [6.07, 6.45) is 0.477. The molecule has 5 heteroatoms. The molecule has 1 atom stereocenters. The van der Waals surface area contributed by atoms with Crippen LogP contribution in [0.5, 0.6) is 5.75 Å². The second-order valence-electron chi connectivity index (χ2n) is 4.91. The molecule has 2 aromatic rings. The van der Waals surface area contributed by atoms with Gasteiger partial charge in [-0.25, -0.2) is 8.78 Å². The Labute approximate surface area is 127 Å². The Kier molecular flexibility index (Phi) is 5.15. The van der Waals surface area contributed by atoms with E-state index in [1.165, 1.54) is 12.1 Å². The lowest BCUT2D eigenvalue weighted by Crippen LogP contribution is -2.18. The van der Waals surface area contributed by atoms with Crippen molar-refractivity contribution < 1.29 is 13.5 Å². The van der Waals surface area contributed by atoms with Gasteiger partial charge in [-0.3, -0.25) is 0 Å². The van der Waals surface area contributed by atoms with Crippen molar-refractivity contribution in [2.45, 2.75) is 26.0 Å². The Morgan fingerprint density at radius 2 is 1.81 bits per heavy atom. The Bertz CT molecular complexity index is 632. The van der Waals surface area contributed by atoms with Gasteiger partial charge in [0.2, 0.25) is 0 Å². The summed E-state index contributed by atoms with van der Waals surface area (Å²) in [5.41, 5.74) is 6.67. The van der Waals surface area contributed by atoms with Crippen LogP contribution in [-0.4, -0.2) is 6.04 Å². The second-order valence-corrected chi connectivity index (χ2v) is 5.32. The maximum atomic E-state index is 13.9. The quantitative estimate of drug-likeness (QED) is 0.902. The number of benzene rings is 2. The third-order valence-corrected chi connectivity index (χ3v) is 3.29. The van der Waals surface area contributed by atoms with Crippen LogP contribution in [0.4, 0.5) is 8.78 Å². The molecule has 2 aromatic carbocycles. The van der Waals surface area contributed by atoms with Gasteiger partial charge in [-0.2, -0.15) is 0 Å². The van der Waals surface area contributed by atoms with Gasteiger partial charge >= 0.3 is 0 Å². The summed E-state index contributed by atoms with van der Waals surface area (Å²) in [6.45, 7) is 1.73. The molecule has 0 bridgehead atoms. The van der Waals surface area contributed by atoms with Crippen LogP contribution in [0, 0.1) is 11.6 Å². The fraction of sp³-hybridized carbons (Fsp3) is 0.250. The van der Waals surface area contributed by atoms with Crippen LogP contribution in [0.25, 0.3) is 0 Å². The normalized spacial score (nSPS) is 12.2. The number of hydrogen-bond donors (Lipinski definition) is 1. The molecule has 2 nitrogen and oxygen atoms in total. The molecule has 0 saturated heterocycles. The van der Waals surface area contributed by atoms with Crippen molar-refractivity contribution in [2.75, 3.05) is 0 Å². The summed E-state index contributed by atoms with van der Waals surface area (Å²) < 4.78 is 33.1. The molecule has 2 N–H and O–H groups in total. The third-order valence-electron chi connectivity index (χ3n) is 2.99. The maximum absolute atomic E-state index is 13.9. The topological polar surface area (TPSA) is 35.2 Å². The first-order valence-electron chi connectivity index (χ1n) is 6.57. The van der Waals surface area contributed by atoms with Crippen molar-refractivity contribution in [3.63, 3.8) is 0 Å². The van der Waals surface area contributed by atoms with Crippen LogP contribution in [0.2, 0.25) is 5.02 Å². The van der Waals surface area contributed by atoms with Gasteiger partial charge in [-0.1, -0.05) is 35.9 Å². The molecule has 0 spiro atoms. The minimum Gasteiger partial charge on any atom is -0.485 e. The predicted molar refractivity (Wildman–Crippen MR) is 79.5 cm³/mol. The first kappa shape index (κ1) is 15.7. The van der Waals surface area contributed by atoms with E-state index < -0.39 is 11.6 Å². The lowest BCUT2D eigenvalue weighted by Gasteiger charge is -2.14. The number of rotatable bonds is 5. The van der Waals surface area contributed by atoms with E-state index in [4.69, 9.17) is 22.1 Å². The molecule has 0 amide bonds. The zero-order chi connectivity index (χ0) is 15.4. The SMILES string of the molecule is CC(N)Cc1cccc(F)c1OCc1cccc(Cl)c1F. The molecule has 21 heavy (non-hydrogen) atoms. The summed E-state index contributed by atoms with van der Waals surface area (Å²) in [7, 11) is 0. The summed E-state index contributed by atoms with van der Waals surface area (Å²) in [5, 5.41) is 0.0143. The van der Waals surface area contributed by atoms with Crippen molar-refractivity contribution in [3.8, 4) is 5.75 Å². The average molecular weight is 312 g/mol. The highest BCUT2D eigenvalue weighted by molar-refractivity contribution is 6.30. The van der Waals surface area contributed by atoms with Crippen LogP contribution >= 0.6 is 11.6 Å². The van der Waals surface area contributed by atoms with Gasteiger partial charge in [0.1, 0.15) is 12.4 Å². The Morgan fingerprint density at radius 3 is 2.52 bits per heavy atom. The average Bonchev–Trinajstić information content (AvgIpc) is 2.42. The van der Waals surface area contributed by atoms with E-state index >= 15 is 0 Å². The zero-order valence-corrected chi connectivity index (χ0v) is 12.3. The van der Waals surface area contributed by atoms with E-state index in [9.17, 15) is 8.78 Å². The molecule has 112 valence electrons. The van der Waals surface area contributed by atoms with Gasteiger partial charge in [0.05, 0.1) is 5.02 Å². The summed E-state index contributed by atoms with van der Waals surface area (Å²) in [5.74, 6) is -0.936. The van der Waals surface area contributed by atoms with Gasteiger partial charge in [-0.05, 0) is 31.0 Å². The van der Waals surface area contributed by atoms with Crippen LogP contribution < -0.4 is 10.5 Å². The van der Waals surface area contributed by atoms with E-state index in [0.717, 1.165) is 0 Å². The van der Waals surface area contributed by atoms with Gasteiger partial charge in [0, 0.05) is 11.6 Å². The molecule has 0 aliphatic rings. The highest BCUT2D eigenvalue weighted by Crippen LogP contribution is 2.26. The van der Waals surface area contributed by atoms with E-state index in [1.54, 1.807) is 24.3 Å². The van der Waals surface area contributed by atoms with E-state index in [1.807, 2.05) is 6.92 Å². The van der Waals surface area contributed by atoms with E-state index in [-0.39, 0.29) is 29.0 Å². The number of nitrogens with two attached hydrogens (primary N) is 1. The number of para-hydroxylation sites is 1. The first-order valence-corrected chi connectivity index (χ1v) is 6.95. The van der Waals surface area contributed by atoms with Crippen molar-refractivity contribution in [2.24, 2.45) is 5.73 Å². The van der Waals surface area contributed by atoms with Gasteiger partial charge in [0.15, 0.2) is 11.6 Å². The number of ether oxygens (including phenoxy) is 1. The molecular formula is C16H16ClF2NO. The molecule has 0 saturated carbocycles. The number of hydrogen-bond acceptors (Lipinski definition) is 2. The standard InChI is InChI=1S/C16H16ClF2NO/c1-10(20)8-11-4-3-7-14(18)16(11)21-9-12-5-2-6-13(17)15(12)19/h2-7,10H,8-9,20H2,1H3. The summed E-state index contributed by atoms with van der Waals surface area (Å²) in [6, 6.07) is 9.13. The highest BCUT2D eigenvalue weighted by atomic mass is 35.5. The second kappa shape index (κ2) is 6.87. The minimum absolute atomic E-state index is 0.0143. The Hall–Kier alpha value is -1.65. The summed E-state index contributed by atoms with van der Waals surface area (Å²) in [4.78, 5) is 0. The molecule has 0 aliphatic heterocycles. The van der Waals surface area contributed by atoms with Gasteiger partial charge < -0.3 is 10.5 Å². The van der Waals surface area contributed by atoms with Crippen molar-refractivity contribution >= 4 is 11.6 Å². The smallest absolute Gasteiger partial charge is 0.165 e. The molecule has 0 radical (unpaired) electrons. The molecule has 0 aromatic heterocycles. The Balaban J connectivity index is 2.21. The van der Waals surface area contributed by atoms with Crippen LogP contribution in [0.1, 0.15) is 18.1 Å². The van der Waals surface area contributed by atoms with Crippen LogP contribution in [-0.2, 0) is 13.0 Å². The molecule has 0 aliphatic carbocycles. The monoisotopic (exact) mass is 311 g/mol. The van der Waals surface area contributed by atoms with Crippen molar-refractivity contribution in [3.05, 3.63) is 64.2 Å². The lowest BCUT2D eigenvalue weighted by molar-refractivity contribution is 0.281. The minimum atomic E-state index is -0.552. The first-order chi connectivity index (χ1) is 9.99. The maximum Gasteiger partial charge on any atom is 0.165 e. The summed E-state index contributed by atoms with van der Waals surface area (Å²) >= 11 is 5.71. The van der Waals surface area contributed by atoms with Gasteiger partial charge in [0.25, 0.3) is 0 Å². The predicted octanol–water partition coefficient (Wildman–Crippen LogP) is 4.09. The Morgan fingerprint density at radius 1 is 1.14 bits per heavy atom. The van der Waals surface area contributed by atoms with E-state index in [0.29, 0.717) is 12.0 Å². The van der Waals surface area contributed by atoms with E-state index in [2.05, 4.69) is 0 Å².